The summed E-state index contributed by atoms with van der Waals surface area (Å²) in [6.07, 6.45) is 5.16. The Kier molecular flexibility index (Phi) is 8.80. The van der Waals surface area contributed by atoms with Crippen LogP contribution in [0.3, 0.4) is 0 Å². The molecule has 0 aliphatic carbocycles. The quantitative estimate of drug-likeness (QED) is 0.518. The molecule has 1 N–H and O–H groups in total. The van der Waals surface area contributed by atoms with Crippen LogP contribution in [0.25, 0.3) is 0 Å². The molecule has 1 atom stereocenters. The van der Waals surface area contributed by atoms with Crippen LogP contribution in [0.4, 0.5) is 0 Å². The van der Waals surface area contributed by atoms with E-state index in [9.17, 15) is 0 Å². The number of aliphatic carboxylic acids is 1. The number of benzene rings is 2. The monoisotopic (exact) mass is 440 g/mol. The maximum atomic E-state index is 9.00. The van der Waals surface area contributed by atoms with E-state index in [-0.39, 0.29) is 6.10 Å². The van der Waals surface area contributed by atoms with Crippen LogP contribution in [0, 0.1) is 0 Å². The fraction of sp³-hybridized carbons (Fsp3) is 0.200. The normalized spacial score (nSPS) is 11.4. The minimum absolute atomic E-state index is 0.223. The highest BCUT2D eigenvalue weighted by Crippen LogP contribution is 2.30. The molecule has 0 saturated carbocycles. The molecule has 0 fully saturated rings. The van der Waals surface area contributed by atoms with E-state index in [2.05, 4.69) is 4.98 Å². The second-order valence-electron chi connectivity index (χ2n) is 5.87. The Labute approximate surface area is 178 Å². The largest absolute Gasteiger partial charge is 0.481 e. The number of carbonyl (C=O) groups is 1. The van der Waals surface area contributed by atoms with Crippen molar-refractivity contribution in [3.8, 4) is 0 Å². The summed E-state index contributed by atoms with van der Waals surface area (Å²) in [5, 5.41) is 9.31. The zero-order valence-electron chi connectivity index (χ0n) is 15.1. The minimum Gasteiger partial charge on any atom is -0.481 e. The molecule has 148 valence electrons. The molecule has 0 bridgehead atoms. The summed E-state index contributed by atoms with van der Waals surface area (Å²) in [5.74, 6) is -0.833. The molecule has 1 aromatic heterocycles. The molecular weight excluding hydrogens is 423 g/mol. The molecule has 28 heavy (non-hydrogen) atoms. The first-order valence-electron chi connectivity index (χ1n) is 8.31. The lowest BCUT2D eigenvalue weighted by molar-refractivity contribution is -0.134. The molecule has 0 spiro atoms. The van der Waals surface area contributed by atoms with Crippen molar-refractivity contribution in [3.05, 3.63) is 87.4 Å². The van der Waals surface area contributed by atoms with Gasteiger partial charge in [-0.15, -0.1) is 0 Å². The summed E-state index contributed by atoms with van der Waals surface area (Å²) >= 11 is 18.3. The molecule has 0 radical (unpaired) electrons. The number of nitrogens with zero attached hydrogens (tertiary/aromatic N) is 2. The number of rotatable bonds is 6. The van der Waals surface area contributed by atoms with Crippen molar-refractivity contribution in [2.75, 3.05) is 0 Å². The third-order valence-corrected chi connectivity index (χ3v) is 4.42. The average Bonchev–Trinajstić information content (AvgIpc) is 3.13. The number of hydrogen-bond donors (Lipinski definition) is 1. The van der Waals surface area contributed by atoms with E-state index in [1.54, 1.807) is 18.6 Å². The van der Waals surface area contributed by atoms with Gasteiger partial charge in [0.1, 0.15) is 6.10 Å². The third-order valence-electron chi connectivity index (χ3n) is 3.61. The van der Waals surface area contributed by atoms with Crippen LogP contribution in [0.1, 0.15) is 24.2 Å². The van der Waals surface area contributed by atoms with Crippen molar-refractivity contribution in [1.29, 1.82) is 0 Å². The molecule has 0 saturated heterocycles. The van der Waals surface area contributed by atoms with Gasteiger partial charge in [0.2, 0.25) is 0 Å². The molecule has 3 rings (SSSR count). The molecule has 3 aromatic rings. The number of carboxylic acid groups (broad SMARTS) is 1. The summed E-state index contributed by atoms with van der Waals surface area (Å²) in [5.41, 5.74) is 1.93. The molecule has 2 aromatic carbocycles. The van der Waals surface area contributed by atoms with Gasteiger partial charge in [0.25, 0.3) is 5.97 Å². The predicted octanol–water partition coefficient (Wildman–Crippen LogP) is 5.89. The maximum absolute atomic E-state index is 9.00. The minimum atomic E-state index is -0.833. The third kappa shape index (κ3) is 7.52. The molecule has 1 heterocycles. The van der Waals surface area contributed by atoms with Crippen molar-refractivity contribution >= 4 is 40.8 Å². The average molecular weight is 442 g/mol. The van der Waals surface area contributed by atoms with Crippen molar-refractivity contribution in [3.63, 3.8) is 0 Å². The topological polar surface area (TPSA) is 64.3 Å². The highest BCUT2D eigenvalue weighted by molar-refractivity contribution is 6.35. The van der Waals surface area contributed by atoms with E-state index in [4.69, 9.17) is 49.4 Å². The van der Waals surface area contributed by atoms with Gasteiger partial charge in [-0.1, -0.05) is 53.0 Å². The lowest BCUT2D eigenvalue weighted by atomic mass is 10.1. The molecule has 0 amide bonds. The number of aromatic nitrogens is 2. The summed E-state index contributed by atoms with van der Waals surface area (Å²) in [4.78, 5) is 13.1. The standard InChI is InChI=1S/C18H15Cl3N2O.C2H4O2/c19-14-3-1-13(2-4-14)11-24-18(10-23-8-7-22-12-23)16-6-5-15(20)9-17(16)21;1-2(3)4/h1-9,12,18H,10-11H2;1H3,(H,3,4)/t18-;/m0./s1. The molecule has 0 unspecified atom stereocenters. The lowest BCUT2D eigenvalue weighted by Gasteiger charge is -2.20. The summed E-state index contributed by atoms with van der Waals surface area (Å²) < 4.78 is 8.08. The first kappa shape index (κ1) is 22.2. The number of imidazole rings is 1. The van der Waals surface area contributed by atoms with Crippen LogP contribution in [-0.4, -0.2) is 20.6 Å². The van der Waals surface area contributed by atoms with Gasteiger partial charge in [0.15, 0.2) is 0 Å². The van der Waals surface area contributed by atoms with Gasteiger partial charge >= 0.3 is 0 Å². The second-order valence-corrected chi connectivity index (χ2v) is 7.15. The molecular formula is C20H19Cl3N2O3. The van der Waals surface area contributed by atoms with Gasteiger partial charge in [0, 0.05) is 39.9 Å². The number of hydrogen-bond acceptors (Lipinski definition) is 3. The Hall–Kier alpha value is -2.05. The van der Waals surface area contributed by atoms with Crippen LogP contribution in [-0.2, 0) is 22.7 Å². The highest BCUT2D eigenvalue weighted by atomic mass is 35.5. The van der Waals surface area contributed by atoms with Crippen molar-refractivity contribution < 1.29 is 14.6 Å². The number of ether oxygens (including phenoxy) is 1. The molecule has 0 aliphatic heterocycles. The SMILES string of the molecule is CC(=O)O.Clc1ccc(CO[C@@H](Cn2ccnc2)c2ccc(Cl)cc2Cl)cc1. The first-order valence-corrected chi connectivity index (χ1v) is 9.45. The Morgan fingerprint density at radius 3 is 2.36 bits per heavy atom. The van der Waals surface area contributed by atoms with Crippen molar-refractivity contribution in [2.24, 2.45) is 0 Å². The summed E-state index contributed by atoms with van der Waals surface area (Å²) in [6.45, 7) is 2.14. The van der Waals surface area contributed by atoms with E-state index in [1.807, 2.05) is 47.2 Å². The Morgan fingerprint density at radius 2 is 1.79 bits per heavy atom. The zero-order valence-corrected chi connectivity index (χ0v) is 17.3. The summed E-state index contributed by atoms with van der Waals surface area (Å²) in [6, 6.07) is 13.0. The first-order chi connectivity index (χ1) is 13.3. The number of halogens is 3. The maximum Gasteiger partial charge on any atom is 0.300 e. The Morgan fingerprint density at radius 1 is 1.14 bits per heavy atom. The van der Waals surface area contributed by atoms with Gasteiger partial charge in [-0.3, -0.25) is 4.79 Å². The number of carboxylic acids is 1. The zero-order chi connectivity index (χ0) is 20.5. The second kappa shape index (κ2) is 11.1. The molecule has 0 aliphatic rings. The van der Waals surface area contributed by atoms with Gasteiger partial charge in [-0.25, -0.2) is 4.98 Å². The van der Waals surface area contributed by atoms with Gasteiger partial charge in [-0.2, -0.15) is 0 Å². The van der Waals surface area contributed by atoms with Crippen LogP contribution in [0.2, 0.25) is 15.1 Å². The smallest absolute Gasteiger partial charge is 0.300 e. The predicted molar refractivity (Wildman–Crippen MR) is 111 cm³/mol. The lowest BCUT2D eigenvalue weighted by Crippen LogP contribution is -2.12. The van der Waals surface area contributed by atoms with Gasteiger partial charge in [-0.05, 0) is 29.8 Å². The van der Waals surface area contributed by atoms with E-state index in [0.717, 1.165) is 18.1 Å². The Bertz CT molecular complexity index is 880. The van der Waals surface area contributed by atoms with Crippen LogP contribution in [0.5, 0.6) is 0 Å². The van der Waals surface area contributed by atoms with Crippen LogP contribution in [0.15, 0.2) is 61.2 Å². The van der Waals surface area contributed by atoms with E-state index in [1.165, 1.54) is 0 Å². The van der Waals surface area contributed by atoms with Gasteiger partial charge < -0.3 is 14.4 Å². The fourth-order valence-corrected chi connectivity index (χ4v) is 3.02. The van der Waals surface area contributed by atoms with Crippen molar-refractivity contribution in [2.45, 2.75) is 26.2 Å². The van der Waals surface area contributed by atoms with Crippen molar-refractivity contribution in [1.82, 2.24) is 9.55 Å². The molecule has 5 nitrogen and oxygen atoms in total. The highest BCUT2D eigenvalue weighted by Gasteiger charge is 2.17. The summed E-state index contributed by atoms with van der Waals surface area (Å²) in [7, 11) is 0. The van der Waals surface area contributed by atoms with E-state index < -0.39 is 5.97 Å². The Balaban J connectivity index is 0.000000640. The fourth-order valence-electron chi connectivity index (χ4n) is 2.37. The van der Waals surface area contributed by atoms with Gasteiger partial charge in [0.05, 0.1) is 19.5 Å². The van der Waals surface area contributed by atoms with Crippen LogP contribution < -0.4 is 0 Å². The van der Waals surface area contributed by atoms with E-state index in [0.29, 0.717) is 28.2 Å². The van der Waals surface area contributed by atoms with E-state index >= 15 is 0 Å². The van der Waals surface area contributed by atoms with Crippen LogP contribution >= 0.6 is 34.8 Å². The molecule has 8 heteroatoms.